The molecule has 0 bridgehead atoms. The van der Waals surface area contributed by atoms with Gasteiger partial charge < -0.3 is 20.1 Å². The summed E-state index contributed by atoms with van der Waals surface area (Å²) in [6.07, 6.45) is 1.29. The van der Waals surface area contributed by atoms with Crippen LogP contribution in [-0.4, -0.2) is 55.9 Å². The van der Waals surface area contributed by atoms with Crippen LogP contribution >= 0.6 is 0 Å². The van der Waals surface area contributed by atoms with Gasteiger partial charge in [0.2, 0.25) is 0 Å². The summed E-state index contributed by atoms with van der Waals surface area (Å²) in [4.78, 5) is 14.1. The van der Waals surface area contributed by atoms with E-state index in [0.717, 1.165) is 36.2 Å². The van der Waals surface area contributed by atoms with Crippen LogP contribution in [-0.2, 0) is 11.2 Å². The van der Waals surface area contributed by atoms with Gasteiger partial charge >= 0.3 is 0 Å². The number of carbonyl (C=O) groups excluding carboxylic acids is 1. The van der Waals surface area contributed by atoms with Crippen LogP contribution in [0.2, 0.25) is 0 Å². The van der Waals surface area contributed by atoms with Crippen molar-refractivity contribution in [2.45, 2.75) is 18.9 Å². The topological polar surface area (TPSA) is 61.8 Å². The van der Waals surface area contributed by atoms with Crippen molar-refractivity contribution < 1.29 is 14.6 Å². The molecule has 1 atom stereocenters. The van der Waals surface area contributed by atoms with Crippen LogP contribution in [0, 0.1) is 0 Å². The lowest BCUT2D eigenvalue weighted by molar-refractivity contribution is 0.0380. The van der Waals surface area contributed by atoms with Crippen molar-refractivity contribution in [3.63, 3.8) is 0 Å². The molecule has 1 amide bonds. The predicted octanol–water partition coefficient (Wildman–Crippen LogP) is 1.12. The maximum absolute atomic E-state index is 12.5. The Balaban J connectivity index is 2.12. The molecule has 1 aliphatic rings. The van der Waals surface area contributed by atoms with E-state index in [0.29, 0.717) is 0 Å². The molecule has 1 unspecified atom stereocenters. The van der Waals surface area contributed by atoms with Crippen molar-refractivity contribution in [3.8, 4) is 0 Å². The number of aliphatic hydroxyl groups excluding tert-OH is 1. The highest BCUT2D eigenvalue weighted by molar-refractivity contribution is 5.97. The summed E-state index contributed by atoms with van der Waals surface area (Å²) in [5.74, 6) is -0.0549. The fourth-order valence-electron chi connectivity index (χ4n) is 2.56. The third kappa shape index (κ3) is 3.29. The highest BCUT2D eigenvalue weighted by atomic mass is 16.5. The van der Waals surface area contributed by atoms with E-state index in [9.17, 15) is 9.90 Å². The molecule has 5 heteroatoms. The van der Waals surface area contributed by atoms with Crippen molar-refractivity contribution in [3.05, 3.63) is 29.3 Å². The SMILES string of the molecule is COCC(O)CN(C)C(=O)c1cccc2c1CCCN2. The molecular weight excluding hydrogens is 256 g/mol. The van der Waals surface area contributed by atoms with Crippen LogP contribution in [0.4, 0.5) is 5.69 Å². The summed E-state index contributed by atoms with van der Waals surface area (Å²) < 4.78 is 4.88. The zero-order valence-electron chi connectivity index (χ0n) is 12.1. The molecule has 0 spiro atoms. The molecule has 2 rings (SSSR count). The molecular formula is C15H22N2O3. The molecule has 2 N–H and O–H groups in total. The summed E-state index contributed by atoms with van der Waals surface area (Å²) in [7, 11) is 3.24. The van der Waals surface area contributed by atoms with Crippen molar-refractivity contribution in [2.24, 2.45) is 0 Å². The predicted molar refractivity (Wildman–Crippen MR) is 78.1 cm³/mol. The van der Waals surface area contributed by atoms with Crippen molar-refractivity contribution in [2.75, 3.05) is 39.2 Å². The quantitative estimate of drug-likeness (QED) is 0.847. The lowest BCUT2D eigenvalue weighted by Crippen LogP contribution is -2.36. The molecule has 1 aromatic rings. The second kappa shape index (κ2) is 6.72. The Bertz CT molecular complexity index is 476. The van der Waals surface area contributed by atoms with Crippen molar-refractivity contribution in [1.29, 1.82) is 0 Å². The summed E-state index contributed by atoms with van der Waals surface area (Å²) in [6, 6.07) is 5.75. The van der Waals surface area contributed by atoms with E-state index in [1.807, 2.05) is 18.2 Å². The van der Waals surface area contributed by atoms with Gasteiger partial charge in [0.05, 0.1) is 12.7 Å². The van der Waals surface area contributed by atoms with E-state index in [1.54, 1.807) is 11.9 Å². The van der Waals surface area contributed by atoms with Gasteiger partial charge in [0, 0.05) is 38.5 Å². The van der Waals surface area contributed by atoms with Gasteiger partial charge in [-0.3, -0.25) is 4.79 Å². The molecule has 0 aliphatic carbocycles. The number of aliphatic hydroxyl groups is 1. The second-order valence-electron chi connectivity index (χ2n) is 5.16. The van der Waals surface area contributed by atoms with E-state index in [-0.39, 0.29) is 19.1 Å². The number of nitrogens with one attached hydrogen (secondary N) is 1. The van der Waals surface area contributed by atoms with Crippen LogP contribution in [0.5, 0.6) is 0 Å². The first-order valence-electron chi connectivity index (χ1n) is 6.91. The molecule has 0 radical (unpaired) electrons. The normalized spacial score (nSPS) is 15.2. The highest BCUT2D eigenvalue weighted by Gasteiger charge is 2.21. The van der Waals surface area contributed by atoms with Gasteiger partial charge in [0.1, 0.15) is 0 Å². The minimum atomic E-state index is -0.661. The van der Waals surface area contributed by atoms with Gasteiger partial charge in [-0.15, -0.1) is 0 Å². The molecule has 110 valence electrons. The molecule has 0 saturated carbocycles. The summed E-state index contributed by atoms with van der Waals surface area (Å²) in [5, 5.41) is 13.0. The first-order valence-corrected chi connectivity index (χ1v) is 6.91. The van der Waals surface area contributed by atoms with Crippen LogP contribution in [0.25, 0.3) is 0 Å². The molecule has 1 aliphatic heterocycles. The van der Waals surface area contributed by atoms with Crippen LogP contribution in [0.3, 0.4) is 0 Å². The number of benzene rings is 1. The average Bonchev–Trinajstić information content (AvgIpc) is 2.46. The highest BCUT2D eigenvalue weighted by Crippen LogP contribution is 2.26. The number of hydrogen-bond donors (Lipinski definition) is 2. The van der Waals surface area contributed by atoms with E-state index < -0.39 is 6.10 Å². The Hall–Kier alpha value is -1.59. The zero-order valence-corrected chi connectivity index (χ0v) is 12.1. The average molecular weight is 278 g/mol. The fraction of sp³-hybridized carbons (Fsp3) is 0.533. The van der Waals surface area contributed by atoms with Gasteiger partial charge in [-0.1, -0.05) is 6.07 Å². The molecule has 0 saturated heterocycles. The maximum atomic E-state index is 12.5. The van der Waals surface area contributed by atoms with Crippen LogP contribution in [0.1, 0.15) is 22.3 Å². The van der Waals surface area contributed by atoms with E-state index in [1.165, 1.54) is 7.11 Å². The first-order chi connectivity index (χ1) is 9.63. The van der Waals surface area contributed by atoms with Crippen molar-refractivity contribution >= 4 is 11.6 Å². The number of anilines is 1. The number of methoxy groups -OCH3 is 1. The van der Waals surface area contributed by atoms with Crippen LogP contribution in [0.15, 0.2) is 18.2 Å². The Morgan fingerprint density at radius 3 is 3.10 bits per heavy atom. The molecule has 0 aromatic heterocycles. The number of likely N-dealkylation sites (N-methyl/N-ethyl adjacent to an activating group) is 1. The Kier molecular flexibility index (Phi) is 4.98. The maximum Gasteiger partial charge on any atom is 0.254 e. The largest absolute Gasteiger partial charge is 0.389 e. The molecule has 5 nitrogen and oxygen atoms in total. The lowest BCUT2D eigenvalue weighted by atomic mass is 9.97. The Morgan fingerprint density at radius 1 is 1.55 bits per heavy atom. The number of amides is 1. The van der Waals surface area contributed by atoms with Gasteiger partial charge in [0.15, 0.2) is 0 Å². The number of hydrogen-bond acceptors (Lipinski definition) is 4. The molecule has 20 heavy (non-hydrogen) atoms. The Labute approximate surface area is 119 Å². The number of rotatable bonds is 5. The fourth-order valence-corrected chi connectivity index (χ4v) is 2.56. The van der Waals surface area contributed by atoms with E-state index in [4.69, 9.17) is 4.74 Å². The Morgan fingerprint density at radius 2 is 2.35 bits per heavy atom. The zero-order chi connectivity index (χ0) is 14.5. The van der Waals surface area contributed by atoms with Gasteiger partial charge in [-0.2, -0.15) is 0 Å². The van der Waals surface area contributed by atoms with Crippen LogP contribution < -0.4 is 5.32 Å². The van der Waals surface area contributed by atoms with Gasteiger partial charge in [-0.05, 0) is 30.5 Å². The minimum Gasteiger partial charge on any atom is -0.389 e. The monoisotopic (exact) mass is 278 g/mol. The molecule has 1 aromatic carbocycles. The van der Waals surface area contributed by atoms with Gasteiger partial charge in [-0.25, -0.2) is 0 Å². The number of carbonyl (C=O) groups is 1. The number of nitrogens with zero attached hydrogens (tertiary/aromatic N) is 1. The summed E-state index contributed by atoms with van der Waals surface area (Å²) in [5.41, 5.74) is 2.85. The van der Waals surface area contributed by atoms with Crippen molar-refractivity contribution in [1.82, 2.24) is 4.90 Å². The minimum absolute atomic E-state index is 0.0549. The first kappa shape index (κ1) is 14.8. The summed E-state index contributed by atoms with van der Waals surface area (Å²) >= 11 is 0. The number of fused-ring (bicyclic) bond motifs is 1. The smallest absolute Gasteiger partial charge is 0.254 e. The van der Waals surface area contributed by atoms with E-state index >= 15 is 0 Å². The number of ether oxygens (including phenoxy) is 1. The molecule has 0 fully saturated rings. The van der Waals surface area contributed by atoms with Gasteiger partial charge in [0.25, 0.3) is 5.91 Å². The third-order valence-corrected chi connectivity index (χ3v) is 3.52. The second-order valence-corrected chi connectivity index (χ2v) is 5.16. The lowest BCUT2D eigenvalue weighted by Gasteiger charge is -2.25. The van der Waals surface area contributed by atoms with E-state index in [2.05, 4.69) is 5.32 Å². The summed E-state index contributed by atoms with van der Waals surface area (Å²) in [6.45, 7) is 1.45. The third-order valence-electron chi connectivity index (χ3n) is 3.52. The molecule has 1 heterocycles. The standard InChI is InChI=1S/C15H22N2O3/c1-17(9-11(18)10-20-2)15(19)13-5-3-7-14-12(13)6-4-8-16-14/h3,5,7,11,16,18H,4,6,8-10H2,1-2H3.